The van der Waals surface area contributed by atoms with Crippen LogP contribution in [0.15, 0.2) is 12.1 Å². The number of halogens is 1. The molecule has 78 valence electrons. The van der Waals surface area contributed by atoms with Gasteiger partial charge in [0, 0.05) is 5.69 Å². The van der Waals surface area contributed by atoms with Gasteiger partial charge in [0.15, 0.2) is 0 Å². The smallest absolute Gasteiger partial charge is 0.321 e. The lowest BCUT2D eigenvalue weighted by molar-refractivity contribution is -0.152. The minimum Gasteiger partial charge on any atom is -0.393 e. The largest absolute Gasteiger partial charge is 0.393 e. The minimum atomic E-state index is -0.531. The molecule has 0 N–H and O–H groups in total. The molecule has 0 bridgehead atoms. The highest BCUT2D eigenvalue weighted by atomic mass is 35.5. The molecule has 0 aromatic carbocycles. The van der Waals surface area contributed by atoms with E-state index in [0.717, 1.165) is 0 Å². The molecule has 4 nitrogen and oxygen atoms in total. The van der Waals surface area contributed by atoms with E-state index in [0.29, 0.717) is 16.4 Å². The van der Waals surface area contributed by atoms with Crippen molar-refractivity contribution in [2.24, 2.45) is 0 Å². The number of rotatable bonds is 1. The number of cyclic esters (lactones) is 2. The minimum absolute atomic E-state index is 0.0820. The van der Waals surface area contributed by atoms with Crippen molar-refractivity contribution in [3.05, 3.63) is 28.5 Å². The Kier molecular flexibility index (Phi) is 2.44. The lowest BCUT2D eigenvalue weighted by atomic mass is 9.98. The van der Waals surface area contributed by atoms with E-state index in [1.54, 1.807) is 19.1 Å². The molecule has 1 fully saturated rings. The first kappa shape index (κ1) is 10.1. The Hall–Kier alpha value is -1.42. The summed E-state index contributed by atoms with van der Waals surface area (Å²) < 4.78 is 4.47. The molecule has 5 heteroatoms. The highest BCUT2D eigenvalue weighted by Gasteiger charge is 2.34. The topological polar surface area (TPSA) is 56.3 Å². The monoisotopic (exact) mass is 225 g/mol. The molecule has 0 amide bonds. The van der Waals surface area contributed by atoms with E-state index in [1.165, 1.54) is 0 Å². The van der Waals surface area contributed by atoms with Gasteiger partial charge in [-0.15, -0.1) is 0 Å². The van der Waals surface area contributed by atoms with Crippen molar-refractivity contribution in [3.8, 4) is 0 Å². The zero-order valence-corrected chi connectivity index (χ0v) is 8.75. The molecule has 1 saturated heterocycles. The molecule has 2 rings (SSSR count). The van der Waals surface area contributed by atoms with Gasteiger partial charge in [-0.1, -0.05) is 11.6 Å². The summed E-state index contributed by atoms with van der Waals surface area (Å²) >= 11 is 5.76. The SMILES string of the molecule is Cc1cc(C2CC(=O)OC2=O)cc(Cl)n1. The van der Waals surface area contributed by atoms with Crippen molar-refractivity contribution in [2.75, 3.05) is 0 Å². The van der Waals surface area contributed by atoms with Crippen LogP contribution in [0.3, 0.4) is 0 Å². The van der Waals surface area contributed by atoms with Crippen LogP contribution in [0.5, 0.6) is 0 Å². The second-order valence-corrected chi connectivity index (χ2v) is 3.80. The molecule has 1 aliphatic heterocycles. The van der Waals surface area contributed by atoms with Crippen LogP contribution in [0.25, 0.3) is 0 Å². The Labute approximate surface area is 91.2 Å². The molecule has 0 aliphatic carbocycles. The zero-order valence-electron chi connectivity index (χ0n) is 7.99. The third kappa shape index (κ3) is 1.99. The summed E-state index contributed by atoms with van der Waals surface area (Å²) in [6, 6.07) is 3.31. The molecule has 0 spiro atoms. The number of carbonyl (C=O) groups is 2. The maximum Gasteiger partial charge on any atom is 0.321 e. The summed E-state index contributed by atoms with van der Waals surface area (Å²) in [6.07, 6.45) is 0.0820. The number of aromatic nitrogens is 1. The van der Waals surface area contributed by atoms with Crippen LogP contribution in [-0.2, 0) is 14.3 Å². The standard InChI is InChI=1S/C10H8ClNO3/c1-5-2-6(3-8(11)12-5)7-4-9(13)15-10(7)14/h2-3,7H,4H2,1H3. The fraction of sp³-hybridized carbons (Fsp3) is 0.300. The molecule has 1 unspecified atom stereocenters. The lowest BCUT2D eigenvalue weighted by Gasteiger charge is -2.05. The first-order valence-corrected chi connectivity index (χ1v) is 4.82. The van der Waals surface area contributed by atoms with Gasteiger partial charge >= 0.3 is 11.9 Å². The molecule has 0 saturated carbocycles. The van der Waals surface area contributed by atoms with Gasteiger partial charge in [-0.3, -0.25) is 9.59 Å². The predicted octanol–water partition coefficient (Wildman–Crippen LogP) is 1.60. The van der Waals surface area contributed by atoms with E-state index in [-0.39, 0.29) is 6.42 Å². The van der Waals surface area contributed by atoms with Crippen LogP contribution >= 0.6 is 11.6 Å². The van der Waals surface area contributed by atoms with Crippen molar-refractivity contribution in [3.63, 3.8) is 0 Å². The maximum atomic E-state index is 11.3. The van der Waals surface area contributed by atoms with Gasteiger partial charge < -0.3 is 4.74 Å². The van der Waals surface area contributed by atoms with Crippen molar-refractivity contribution < 1.29 is 14.3 Å². The highest BCUT2D eigenvalue weighted by molar-refractivity contribution is 6.29. The average Bonchev–Trinajstić information content (AvgIpc) is 2.43. The van der Waals surface area contributed by atoms with Crippen molar-refractivity contribution >= 4 is 23.5 Å². The summed E-state index contributed by atoms with van der Waals surface area (Å²) in [4.78, 5) is 26.2. The summed E-state index contributed by atoms with van der Waals surface area (Å²) in [5, 5.41) is 0.317. The molecule has 2 heterocycles. The molecule has 1 aromatic heterocycles. The van der Waals surface area contributed by atoms with Crippen molar-refractivity contribution in [1.29, 1.82) is 0 Å². The van der Waals surface area contributed by atoms with Crippen LogP contribution in [0.4, 0.5) is 0 Å². The van der Waals surface area contributed by atoms with Crippen LogP contribution < -0.4 is 0 Å². The van der Waals surface area contributed by atoms with Gasteiger partial charge in [-0.05, 0) is 24.6 Å². The Morgan fingerprint density at radius 3 is 2.73 bits per heavy atom. The van der Waals surface area contributed by atoms with E-state index in [1.807, 2.05) is 0 Å². The Morgan fingerprint density at radius 2 is 2.20 bits per heavy atom. The van der Waals surface area contributed by atoms with E-state index in [4.69, 9.17) is 11.6 Å². The number of hydrogen-bond acceptors (Lipinski definition) is 4. The number of ether oxygens (including phenoxy) is 1. The van der Waals surface area contributed by atoms with Crippen LogP contribution in [0, 0.1) is 6.92 Å². The van der Waals surface area contributed by atoms with Gasteiger partial charge in [0.2, 0.25) is 0 Å². The number of carbonyl (C=O) groups excluding carboxylic acids is 2. The normalized spacial score (nSPS) is 20.5. The number of pyridine rings is 1. The quantitative estimate of drug-likeness (QED) is 0.414. The van der Waals surface area contributed by atoms with Crippen LogP contribution in [0.1, 0.15) is 23.6 Å². The van der Waals surface area contributed by atoms with Gasteiger partial charge in [0.1, 0.15) is 5.15 Å². The Bertz CT molecular complexity index is 424. The van der Waals surface area contributed by atoms with Crippen molar-refractivity contribution in [1.82, 2.24) is 4.98 Å². The summed E-state index contributed by atoms with van der Waals surface area (Å²) in [7, 11) is 0. The third-order valence-electron chi connectivity index (χ3n) is 2.22. The predicted molar refractivity (Wildman–Crippen MR) is 52.4 cm³/mol. The molecule has 15 heavy (non-hydrogen) atoms. The molecule has 1 atom stereocenters. The second-order valence-electron chi connectivity index (χ2n) is 3.41. The maximum absolute atomic E-state index is 11.3. The number of aryl methyl sites for hydroxylation is 1. The first-order valence-electron chi connectivity index (χ1n) is 4.45. The lowest BCUT2D eigenvalue weighted by Crippen LogP contribution is -2.06. The Morgan fingerprint density at radius 1 is 1.47 bits per heavy atom. The molecular formula is C10H8ClNO3. The van der Waals surface area contributed by atoms with E-state index in [9.17, 15) is 9.59 Å². The number of hydrogen-bond donors (Lipinski definition) is 0. The molecule has 0 radical (unpaired) electrons. The van der Waals surface area contributed by atoms with Crippen molar-refractivity contribution in [2.45, 2.75) is 19.3 Å². The average molecular weight is 226 g/mol. The third-order valence-corrected chi connectivity index (χ3v) is 2.41. The van der Waals surface area contributed by atoms with E-state index in [2.05, 4.69) is 9.72 Å². The van der Waals surface area contributed by atoms with E-state index >= 15 is 0 Å². The fourth-order valence-electron chi connectivity index (χ4n) is 1.58. The van der Waals surface area contributed by atoms with Gasteiger partial charge in [-0.2, -0.15) is 0 Å². The molecular weight excluding hydrogens is 218 g/mol. The van der Waals surface area contributed by atoms with Gasteiger partial charge in [0.05, 0.1) is 12.3 Å². The summed E-state index contributed by atoms with van der Waals surface area (Å²) in [6.45, 7) is 1.78. The summed E-state index contributed by atoms with van der Waals surface area (Å²) in [5.74, 6) is -1.53. The summed E-state index contributed by atoms with van der Waals surface area (Å²) in [5.41, 5.74) is 1.40. The second kappa shape index (κ2) is 3.62. The number of esters is 2. The van der Waals surface area contributed by atoms with Crippen LogP contribution in [-0.4, -0.2) is 16.9 Å². The zero-order chi connectivity index (χ0) is 11.0. The molecule has 1 aromatic rings. The molecule has 1 aliphatic rings. The van der Waals surface area contributed by atoms with Crippen LogP contribution in [0.2, 0.25) is 5.15 Å². The number of nitrogens with zero attached hydrogens (tertiary/aromatic N) is 1. The highest BCUT2D eigenvalue weighted by Crippen LogP contribution is 2.28. The van der Waals surface area contributed by atoms with Gasteiger partial charge in [0.25, 0.3) is 0 Å². The Balaban J connectivity index is 2.37. The fourth-order valence-corrected chi connectivity index (χ4v) is 1.84. The van der Waals surface area contributed by atoms with Gasteiger partial charge in [-0.25, -0.2) is 4.98 Å². The first-order chi connectivity index (χ1) is 7.06. The van der Waals surface area contributed by atoms with E-state index < -0.39 is 17.9 Å².